The smallest absolute Gasteiger partial charge is 0.338 e. The molecule has 1 aromatic heterocycles. The van der Waals surface area contributed by atoms with Crippen LogP contribution in [-0.2, 0) is 13.0 Å². The highest BCUT2D eigenvalue weighted by molar-refractivity contribution is 7.16. The highest BCUT2D eigenvalue weighted by Gasteiger charge is 2.23. The maximum absolute atomic E-state index is 10.9. The largest absolute Gasteiger partial charge is 0.478 e. The highest BCUT2D eigenvalue weighted by Crippen LogP contribution is 2.32. The number of nitrogen functional groups attached to an aromatic ring is 1. The van der Waals surface area contributed by atoms with Crippen molar-refractivity contribution in [3.05, 3.63) is 16.0 Å². The number of anilines is 1. The Kier molecular flexibility index (Phi) is 1.97. The fourth-order valence-corrected chi connectivity index (χ4v) is 2.67. The average molecular weight is 198 g/mol. The van der Waals surface area contributed by atoms with Crippen LogP contribution < -0.4 is 11.1 Å². The van der Waals surface area contributed by atoms with Gasteiger partial charge in [0.15, 0.2) is 0 Å². The number of carboxylic acids is 1. The Morgan fingerprint density at radius 1 is 1.62 bits per heavy atom. The molecule has 2 rings (SSSR count). The quantitative estimate of drug-likeness (QED) is 0.620. The third kappa shape index (κ3) is 1.30. The first-order chi connectivity index (χ1) is 6.20. The van der Waals surface area contributed by atoms with Crippen LogP contribution in [0.1, 0.15) is 20.8 Å². The van der Waals surface area contributed by atoms with Gasteiger partial charge < -0.3 is 16.2 Å². The maximum Gasteiger partial charge on any atom is 0.338 e. The molecule has 4 N–H and O–H groups in total. The number of nitrogens with one attached hydrogen (secondary N) is 1. The molecule has 2 heterocycles. The van der Waals surface area contributed by atoms with Gasteiger partial charge in [0, 0.05) is 11.4 Å². The molecular formula is C8H10N2O2S. The molecule has 0 unspecified atom stereocenters. The van der Waals surface area contributed by atoms with Crippen LogP contribution in [-0.4, -0.2) is 17.6 Å². The lowest BCUT2D eigenvalue weighted by atomic mass is 10.0. The van der Waals surface area contributed by atoms with Crippen molar-refractivity contribution < 1.29 is 9.90 Å². The van der Waals surface area contributed by atoms with Gasteiger partial charge in [-0.3, -0.25) is 0 Å². The van der Waals surface area contributed by atoms with Gasteiger partial charge in [0.05, 0.1) is 5.56 Å². The van der Waals surface area contributed by atoms with Crippen molar-refractivity contribution >= 4 is 22.3 Å². The van der Waals surface area contributed by atoms with Crippen LogP contribution in [0.4, 0.5) is 5.00 Å². The Hall–Kier alpha value is -1.07. The van der Waals surface area contributed by atoms with E-state index in [2.05, 4.69) is 5.32 Å². The summed E-state index contributed by atoms with van der Waals surface area (Å²) < 4.78 is 0. The molecule has 0 atom stereocenters. The van der Waals surface area contributed by atoms with Gasteiger partial charge in [-0.1, -0.05) is 0 Å². The second-order valence-electron chi connectivity index (χ2n) is 2.97. The Morgan fingerprint density at radius 3 is 3.08 bits per heavy atom. The van der Waals surface area contributed by atoms with E-state index in [9.17, 15) is 4.79 Å². The number of carboxylic acid groups (broad SMARTS) is 1. The summed E-state index contributed by atoms with van der Waals surface area (Å²) in [5.41, 5.74) is 6.88. The first-order valence-corrected chi connectivity index (χ1v) is 4.86. The molecule has 0 saturated carbocycles. The molecule has 4 nitrogen and oxygen atoms in total. The summed E-state index contributed by atoms with van der Waals surface area (Å²) in [6, 6.07) is 0. The van der Waals surface area contributed by atoms with Gasteiger partial charge in [-0.15, -0.1) is 11.3 Å². The van der Waals surface area contributed by atoms with Crippen molar-refractivity contribution in [1.29, 1.82) is 0 Å². The Morgan fingerprint density at radius 2 is 2.38 bits per heavy atom. The predicted octanol–water partition coefficient (Wildman–Crippen LogP) is 0.674. The summed E-state index contributed by atoms with van der Waals surface area (Å²) in [5.74, 6) is -0.906. The van der Waals surface area contributed by atoms with Crippen molar-refractivity contribution in [2.24, 2.45) is 0 Å². The van der Waals surface area contributed by atoms with Gasteiger partial charge in [0.25, 0.3) is 0 Å². The second-order valence-corrected chi connectivity index (χ2v) is 4.11. The number of aromatic carboxylic acids is 1. The Labute approximate surface area is 79.4 Å². The van der Waals surface area contributed by atoms with Crippen LogP contribution in [0.5, 0.6) is 0 Å². The van der Waals surface area contributed by atoms with E-state index in [1.54, 1.807) is 0 Å². The molecular weight excluding hydrogens is 188 g/mol. The molecule has 1 aliphatic rings. The number of fused-ring (bicyclic) bond motifs is 1. The van der Waals surface area contributed by atoms with Crippen molar-refractivity contribution in [2.75, 3.05) is 12.3 Å². The second kappa shape index (κ2) is 3.01. The van der Waals surface area contributed by atoms with E-state index < -0.39 is 5.97 Å². The highest BCUT2D eigenvalue weighted by atomic mass is 32.1. The summed E-state index contributed by atoms with van der Waals surface area (Å²) in [6.45, 7) is 1.58. The third-order valence-electron chi connectivity index (χ3n) is 2.17. The first kappa shape index (κ1) is 8.52. The Balaban J connectivity index is 2.54. The van der Waals surface area contributed by atoms with Crippen LogP contribution in [0.15, 0.2) is 0 Å². The number of hydrogen-bond acceptors (Lipinski definition) is 4. The number of hydrogen-bond donors (Lipinski definition) is 3. The minimum absolute atomic E-state index is 0.321. The van der Waals surface area contributed by atoms with Crippen LogP contribution in [0.2, 0.25) is 0 Å². The van der Waals surface area contributed by atoms with Crippen LogP contribution in [0, 0.1) is 0 Å². The number of nitrogens with two attached hydrogens (primary N) is 1. The van der Waals surface area contributed by atoms with E-state index in [0.29, 0.717) is 10.6 Å². The van der Waals surface area contributed by atoms with E-state index in [0.717, 1.165) is 30.0 Å². The summed E-state index contributed by atoms with van der Waals surface area (Å²) in [6.07, 6.45) is 0.769. The summed E-state index contributed by atoms with van der Waals surface area (Å²) >= 11 is 1.38. The zero-order chi connectivity index (χ0) is 9.42. The Bertz CT molecular complexity index is 359. The number of rotatable bonds is 1. The lowest BCUT2D eigenvalue weighted by molar-refractivity contribution is 0.0697. The lowest BCUT2D eigenvalue weighted by Gasteiger charge is -2.12. The molecule has 5 heteroatoms. The van der Waals surface area contributed by atoms with Gasteiger partial charge in [-0.25, -0.2) is 4.79 Å². The van der Waals surface area contributed by atoms with E-state index in [1.807, 2.05) is 0 Å². The minimum Gasteiger partial charge on any atom is -0.478 e. The molecule has 0 aliphatic carbocycles. The van der Waals surface area contributed by atoms with Gasteiger partial charge in [0.2, 0.25) is 0 Å². The van der Waals surface area contributed by atoms with E-state index in [1.165, 1.54) is 11.3 Å². The van der Waals surface area contributed by atoms with E-state index in [4.69, 9.17) is 10.8 Å². The minimum atomic E-state index is -0.906. The third-order valence-corrected chi connectivity index (χ3v) is 3.23. The summed E-state index contributed by atoms with van der Waals surface area (Å²) in [7, 11) is 0. The standard InChI is InChI=1S/C8H10N2O2S/c9-7-6(8(11)12)4-1-2-10-3-5(4)13-7/h10H,1-3,9H2,(H,11,12). The molecule has 70 valence electrons. The summed E-state index contributed by atoms with van der Waals surface area (Å²) in [4.78, 5) is 11.9. The lowest BCUT2D eigenvalue weighted by Crippen LogP contribution is -2.23. The first-order valence-electron chi connectivity index (χ1n) is 4.04. The molecule has 0 aromatic carbocycles. The summed E-state index contributed by atoms with van der Waals surface area (Å²) in [5, 5.41) is 12.5. The SMILES string of the molecule is Nc1sc2c(c1C(=O)O)CCNC2. The predicted molar refractivity (Wildman–Crippen MR) is 51.1 cm³/mol. The van der Waals surface area contributed by atoms with Gasteiger partial charge in [-0.05, 0) is 18.5 Å². The molecule has 1 aliphatic heterocycles. The van der Waals surface area contributed by atoms with Crippen molar-refractivity contribution in [3.8, 4) is 0 Å². The molecule has 0 bridgehead atoms. The van der Waals surface area contributed by atoms with Gasteiger partial charge in [-0.2, -0.15) is 0 Å². The van der Waals surface area contributed by atoms with Crippen molar-refractivity contribution in [2.45, 2.75) is 13.0 Å². The van der Waals surface area contributed by atoms with Crippen molar-refractivity contribution in [3.63, 3.8) is 0 Å². The molecule has 0 amide bonds. The molecule has 0 saturated heterocycles. The maximum atomic E-state index is 10.9. The van der Waals surface area contributed by atoms with Crippen LogP contribution in [0.3, 0.4) is 0 Å². The molecule has 1 aromatic rings. The fourth-order valence-electron chi connectivity index (χ4n) is 1.59. The van der Waals surface area contributed by atoms with E-state index in [-0.39, 0.29) is 0 Å². The van der Waals surface area contributed by atoms with Gasteiger partial charge in [0.1, 0.15) is 5.00 Å². The van der Waals surface area contributed by atoms with E-state index >= 15 is 0 Å². The van der Waals surface area contributed by atoms with Gasteiger partial charge >= 0.3 is 5.97 Å². The normalized spacial score (nSPS) is 15.4. The topological polar surface area (TPSA) is 75.4 Å². The molecule has 0 fully saturated rings. The number of carbonyl (C=O) groups is 1. The molecule has 0 spiro atoms. The van der Waals surface area contributed by atoms with Crippen molar-refractivity contribution in [1.82, 2.24) is 5.32 Å². The number of thiophene rings is 1. The van der Waals surface area contributed by atoms with Crippen LogP contribution >= 0.6 is 11.3 Å². The van der Waals surface area contributed by atoms with Crippen LogP contribution in [0.25, 0.3) is 0 Å². The zero-order valence-electron chi connectivity index (χ0n) is 6.96. The molecule has 13 heavy (non-hydrogen) atoms. The zero-order valence-corrected chi connectivity index (χ0v) is 7.78. The monoisotopic (exact) mass is 198 g/mol. The molecule has 0 radical (unpaired) electrons. The average Bonchev–Trinajstić information content (AvgIpc) is 2.39. The fraction of sp³-hybridized carbons (Fsp3) is 0.375.